The highest BCUT2D eigenvalue weighted by molar-refractivity contribution is 7.10. The summed E-state index contributed by atoms with van der Waals surface area (Å²) in [5.41, 5.74) is 5.15. The largest absolute Gasteiger partial charge is 0.430 e. The van der Waals surface area contributed by atoms with Gasteiger partial charge in [-0.1, -0.05) is 0 Å². The van der Waals surface area contributed by atoms with E-state index in [-0.39, 0.29) is 11.4 Å². The Morgan fingerprint density at radius 1 is 1.38 bits per heavy atom. The van der Waals surface area contributed by atoms with Crippen LogP contribution in [0.15, 0.2) is 41.5 Å². The zero-order valence-electron chi connectivity index (χ0n) is 11.0. The molecule has 110 valence electrons. The van der Waals surface area contributed by atoms with E-state index in [0.29, 0.717) is 6.08 Å². The van der Waals surface area contributed by atoms with Gasteiger partial charge in [-0.05, 0) is 47.7 Å². The molecule has 0 aliphatic heterocycles. The van der Waals surface area contributed by atoms with Gasteiger partial charge in [0.25, 0.3) is 0 Å². The molecule has 0 aliphatic rings. The number of alkyl halides is 3. The Balaban J connectivity index is 2.34. The molecule has 0 saturated heterocycles. The predicted molar refractivity (Wildman–Crippen MR) is 77.4 cm³/mol. The maximum atomic E-state index is 12.4. The topological polar surface area (TPSA) is 62.8 Å². The Hall–Kier alpha value is -2.15. The first-order valence-electron chi connectivity index (χ1n) is 5.93. The van der Waals surface area contributed by atoms with Gasteiger partial charge in [0.15, 0.2) is 0 Å². The van der Waals surface area contributed by atoms with Crippen molar-refractivity contribution < 1.29 is 13.2 Å². The lowest BCUT2D eigenvalue weighted by atomic mass is 10.1. The lowest BCUT2D eigenvalue weighted by molar-refractivity contribution is -0.0925. The van der Waals surface area contributed by atoms with Crippen LogP contribution in [0.4, 0.5) is 13.2 Å². The summed E-state index contributed by atoms with van der Waals surface area (Å²) in [6.07, 6.45) is -2.60. The molecule has 3 N–H and O–H groups in total. The fourth-order valence-corrected chi connectivity index (χ4v) is 2.46. The molecule has 0 fully saturated rings. The van der Waals surface area contributed by atoms with E-state index in [2.05, 4.69) is 4.98 Å². The Morgan fingerprint density at radius 3 is 2.67 bits per heavy atom. The van der Waals surface area contributed by atoms with Gasteiger partial charge in [0.1, 0.15) is 5.70 Å². The molecular formula is C14H12F3N3S. The van der Waals surface area contributed by atoms with Crippen molar-refractivity contribution in [3.05, 3.63) is 52.1 Å². The molecule has 0 atom stereocenters. The smallest absolute Gasteiger partial charge is 0.395 e. The number of hydrogen-bond donors (Lipinski definition) is 2. The van der Waals surface area contributed by atoms with Crippen LogP contribution >= 0.6 is 11.3 Å². The van der Waals surface area contributed by atoms with E-state index in [4.69, 9.17) is 11.1 Å². The molecule has 2 rings (SSSR count). The van der Waals surface area contributed by atoms with Crippen molar-refractivity contribution in [3.8, 4) is 11.1 Å². The molecule has 0 aromatic carbocycles. The van der Waals surface area contributed by atoms with Crippen LogP contribution in [-0.4, -0.2) is 16.9 Å². The number of aromatic nitrogens is 1. The average Bonchev–Trinajstić information content (AvgIpc) is 2.84. The molecule has 2 aromatic heterocycles. The first kappa shape index (κ1) is 15.2. The molecule has 21 heavy (non-hydrogen) atoms. The number of allylic oxidation sites excluding steroid dienone is 2. The van der Waals surface area contributed by atoms with Crippen LogP contribution in [-0.2, 0) is 0 Å². The van der Waals surface area contributed by atoms with Crippen molar-refractivity contribution in [1.82, 2.24) is 4.98 Å². The summed E-state index contributed by atoms with van der Waals surface area (Å²) in [6.45, 7) is 1.95. The van der Waals surface area contributed by atoms with E-state index < -0.39 is 11.9 Å². The van der Waals surface area contributed by atoms with Crippen LogP contribution in [0.5, 0.6) is 0 Å². The van der Waals surface area contributed by atoms with E-state index in [9.17, 15) is 13.2 Å². The molecule has 3 nitrogen and oxygen atoms in total. The normalized spacial score (nSPS) is 12.5. The van der Waals surface area contributed by atoms with Crippen LogP contribution in [0.1, 0.15) is 10.6 Å². The minimum atomic E-state index is -4.64. The molecule has 0 bridgehead atoms. The zero-order valence-corrected chi connectivity index (χ0v) is 11.8. The standard InChI is InChI=1S/C14H12F3N3S/c1-8-10(3-5-21-8)9-2-4-20-12(6-9)11(18)7-13(19)14(15,16)17/h2-7,18H,19H2,1H3. The third kappa shape index (κ3) is 3.49. The lowest BCUT2D eigenvalue weighted by Crippen LogP contribution is -2.20. The van der Waals surface area contributed by atoms with Gasteiger partial charge in [0.2, 0.25) is 0 Å². The number of nitrogens with two attached hydrogens (primary N) is 1. The number of rotatable bonds is 3. The van der Waals surface area contributed by atoms with Gasteiger partial charge in [-0.25, -0.2) is 0 Å². The van der Waals surface area contributed by atoms with E-state index in [1.807, 2.05) is 18.4 Å². The highest BCUT2D eigenvalue weighted by Gasteiger charge is 2.31. The van der Waals surface area contributed by atoms with Crippen LogP contribution in [0, 0.1) is 12.3 Å². The molecule has 0 saturated carbocycles. The monoisotopic (exact) mass is 311 g/mol. The van der Waals surface area contributed by atoms with Gasteiger partial charge in [-0.15, -0.1) is 11.3 Å². The molecule has 2 aromatic rings. The van der Waals surface area contributed by atoms with Crippen molar-refractivity contribution >= 4 is 17.0 Å². The summed E-state index contributed by atoms with van der Waals surface area (Å²) in [7, 11) is 0. The lowest BCUT2D eigenvalue weighted by Gasteiger charge is -2.07. The fourth-order valence-electron chi connectivity index (χ4n) is 1.74. The number of nitrogens with one attached hydrogen (secondary N) is 1. The van der Waals surface area contributed by atoms with E-state index in [0.717, 1.165) is 16.0 Å². The Labute approximate surface area is 123 Å². The van der Waals surface area contributed by atoms with Crippen molar-refractivity contribution in [1.29, 1.82) is 5.41 Å². The SMILES string of the molecule is Cc1sccc1-c1ccnc(C(=N)C=C(N)C(F)(F)F)c1. The summed E-state index contributed by atoms with van der Waals surface area (Å²) < 4.78 is 37.1. The van der Waals surface area contributed by atoms with Gasteiger partial charge >= 0.3 is 6.18 Å². The molecule has 0 unspecified atom stereocenters. The summed E-state index contributed by atoms with van der Waals surface area (Å²) in [5.74, 6) is 0. The number of pyridine rings is 1. The molecule has 2 heterocycles. The number of nitrogens with zero attached hydrogens (tertiary/aromatic N) is 1. The number of aryl methyl sites for hydroxylation is 1. The number of hydrogen-bond acceptors (Lipinski definition) is 4. The summed E-state index contributed by atoms with van der Waals surface area (Å²) in [5, 5.41) is 9.63. The number of halogens is 3. The van der Waals surface area contributed by atoms with Gasteiger partial charge < -0.3 is 5.73 Å². The molecule has 0 amide bonds. The number of thiophene rings is 1. The second-order valence-corrected chi connectivity index (χ2v) is 5.45. The highest BCUT2D eigenvalue weighted by Crippen LogP contribution is 2.28. The quantitative estimate of drug-likeness (QED) is 0.845. The second-order valence-electron chi connectivity index (χ2n) is 4.33. The van der Waals surface area contributed by atoms with Crippen LogP contribution in [0.25, 0.3) is 11.1 Å². The zero-order chi connectivity index (χ0) is 15.6. The third-order valence-corrected chi connectivity index (χ3v) is 3.68. The maximum absolute atomic E-state index is 12.4. The van der Waals surface area contributed by atoms with Gasteiger partial charge in [-0.2, -0.15) is 13.2 Å². The van der Waals surface area contributed by atoms with Crippen molar-refractivity contribution in [2.75, 3.05) is 0 Å². The van der Waals surface area contributed by atoms with E-state index >= 15 is 0 Å². The predicted octanol–water partition coefficient (Wildman–Crippen LogP) is 3.89. The minimum Gasteiger partial charge on any atom is -0.395 e. The molecule has 0 spiro atoms. The molecule has 0 aliphatic carbocycles. The van der Waals surface area contributed by atoms with Gasteiger partial charge in [0.05, 0.1) is 11.4 Å². The minimum absolute atomic E-state index is 0.144. The first-order chi connectivity index (χ1) is 9.79. The summed E-state index contributed by atoms with van der Waals surface area (Å²) >= 11 is 1.57. The molecule has 7 heteroatoms. The van der Waals surface area contributed by atoms with E-state index in [1.165, 1.54) is 6.20 Å². The van der Waals surface area contributed by atoms with Crippen LogP contribution in [0.3, 0.4) is 0 Å². The summed E-state index contributed by atoms with van der Waals surface area (Å²) in [6, 6.07) is 5.25. The Morgan fingerprint density at radius 2 is 2.10 bits per heavy atom. The second kappa shape index (κ2) is 5.69. The summed E-state index contributed by atoms with van der Waals surface area (Å²) in [4.78, 5) is 5.01. The van der Waals surface area contributed by atoms with Gasteiger partial charge in [0, 0.05) is 11.1 Å². The maximum Gasteiger partial charge on any atom is 0.430 e. The molecular weight excluding hydrogens is 299 g/mol. The Bertz CT molecular complexity index is 701. The highest BCUT2D eigenvalue weighted by atomic mass is 32.1. The fraction of sp³-hybridized carbons (Fsp3) is 0.143. The van der Waals surface area contributed by atoms with E-state index in [1.54, 1.807) is 23.5 Å². The average molecular weight is 311 g/mol. The third-order valence-electron chi connectivity index (χ3n) is 2.83. The van der Waals surface area contributed by atoms with Crippen molar-refractivity contribution in [2.45, 2.75) is 13.1 Å². The van der Waals surface area contributed by atoms with Crippen molar-refractivity contribution in [3.63, 3.8) is 0 Å². The van der Waals surface area contributed by atoms with Crippen LogP contribution in [0.2, 0.25) is 0 Å². The van der Waals surface area contributed by atoms with Crippen molar-refractivity contribution in [2.24, 2.45) is 5.73 Å². The molecule has 0 radical (unpaired) electrons. The first-order valence-corrected chi connectivity index (χ1v) is 6.81. The van der Waals surface area contributed by atoms with Gasteiger partial charge in [-0.3, -0.25) is 10.4 Å². The Kier molecular flexibility index (Phi) is 4.13. The van der Waals surface area contributed by atoms with Crippen LogP contribution < -0.4 is 5.73 Å².